The number of likely N-dealkylation sites (N-methyl/N-ethyl adjacent to an activating group) is 1. The summed E-state index contributed by atoms with van der Waals surface area (Å²) in [5.41, 5.74) is 0. The second kappa shape index (κ2) is 10.3. The van der Waals surface area contributed by atoms with Crippen molar-refractivity contribution in [1.82, 2.24) is 9.80 Å². The quantitative estimate of drug-likeness (QED) is 0.506. The van der Waals surface area contributed by atoms with Crippen LogP contribution in [0.4, 0.5) is 0 Å². The first kappa shape index (κ1) is 21.1. The van der Waals surface area contributed by atoms with Gasteiger partial charge >= 0.3 is 5.97 Å². The van der Waals surface area contributed by atoms with Crippen molar-refractivity contribution >= 4 is 40.3 Å². The average molecular weight is 416 g/mol. The third kappa shape index (κ3) is 6.20. The minimum absolute atomic E-state index is 0.0395. The number of hydrogen-bond acceptors (Lipinski definition) is 6. The SMILES string of the molecule is CN(CC(=O)N1CCOCC1)C(=O)COC(=O)CSc1ccc2ccccc2c1. The highest BCUT2D eigenvalue weighted by Gasteiger charge is 2.21. The fourth-order valence-electron chi connectivity index (χ4n) is 2.90. The molecule has 0 bridgehead atoms. The number of hydrogen-bond donors (Lipinski definition) is 0. The minimum Gasteiger partial charge on any atom is -0.455 e. The van der Waals surface area contributed by atoms with E-state index in [9.17, 15) is 14.4 Å². The zero-order valence-corrected chi connectivity index (χ0v) is 17.2. The summed E-state index contributed by atoms with van der Waals surface area (Å²) >= 11 is 1.36. The molecule has 0 radical (unpaired) electrons. The molecule has 0 spiro atoms. The zero-order valence-electron chi connectivity index (χ0n) is 16.3. The fourth-order valence-corrected chi connectivity index (χ4v) is 3.64. The van der Waals surface area contributed by atoms with Gasteiger partial charge in [-0.1, -0.05) is 30.3 Å². The van der Waals surface area contributed by atoms with Gasteiger partial charge in [0.15, 0.2) is 6.61 Å². The number of amides is 2. The van der Waals surface area contributed by atoms with Gasteiger partial charge in [-0.05, 0) is 22.9 Å². The molecular formula is C21H24N2O5S. The largest absolute Gasteiger partial charge is 0.455 e. The monoisotopic (exact) mass is 416 g/mol. The van der Waals surface area contributed by atoms with Crippen LogP contribution in [-0.2, 0) is 23.9 Å². The fraction of sp³-hybridized carbons (Fsp3) is 0.381. The van der Waals surface area contributed by atoms with Gasteiger partial charge in [0, 0.05) is 25.0 Å². The van der Waals surface area contributed by atoms with Gasteiger partial charge in [-0.2, -0.15) is 0 Å². The summed E-state index contributed by atoms with van der Waals surface area (Å²) < 4.78 is 10.3. The van der Waals surface area contributed by atoms with Crippen molar-refractivity contribution in [2.75, 3.05) is 52.3 Å². The maximum Gasteiger partial charge on any atom is 0.316 e. The lowest BCUT2D eigenvalue weighted by atomic mass is 10.1. The zero-order chi connectivity index (χ0) is 20.6. The number of carbonyl (C=O) groups excluding carboxylic acids is 3. The summed E-state index contributed by atoms with van der Waals surface area (Å²) in [4.78, 5) is 40.2. The normalized spacial score (nSPS) is 13.9. The molecule has 0 saturated carbocycles. The number of ether oxygens (including phenoxy) is 2. The summed E-state index contributed by atoms with van der Waals surface area (Å²) in [5.74, 6) is -0.899. The number of esters is 1. The molecule has 8 heteroatoms. The van der Waals surface area contributed by atoms with Crippen LogP contribution in [0.3, 0.4) is 0 Å². The van der Waals surface area contributed by atoms with Crippen LogP contribution in [0.1, 0.15) is 0 Å². The smallest absolute Gasteiger partial charge is 0.316 e. The summed E-state index contributed by atoms with van der Waals surface area (Å²) in [6.07, 6.45) is 0. The summed E-state index contributed by atoms with van der Waals surface area (Å²) in [7, 11) is 1.53. The van der Waals surface area contributed by atoms with Gasteiger partial charge in [-0.15, -0.1) is 11.8 Å². The van der Waals surface area contributed by atoms with Crippen molar-refractivity contribution in [2.24, 2.45) is 0 Å². The Hall–Kier alpha value is -2.58. The first-order valence-corrected chi connectivity index (χ1v) is 10.4. The van der Waals surface area contributed by atoms with Crippen molar-refractivity contribution in [3.8, 4) is 0 Å². The lowest BCUT2D eigenvalue weighted by Crippen LogP contribution is -2.46. The average Bonchev–Trinajstić information content (AvgIpc) is 2.76. The molecule has 1 heterocycles. The highest BCUT2D eigenvalue weighted by atomic mass is 32.2. The molecule has 0 aromatic heterocycles. The summed E-state index contributed by atoms with van der Waals surface area (Å²) in [6, 6.07) is 14.0. The Morgan fingerprint density at radius 1 is 1.10 bits per heavy atom. The molecular weight excluding hydrogens is 392 g/mol. The molecule has 1 aliphatic heterocycles. The Bertz CT molecular complexity index is 882. The van der Waals surface area contributed by atoms with Crippen molar-refractivity contribution in [2.45, 2.75) is 4.90 Å². The van der Waals surface area contributed by atoms with Gasteiger partial charge in [0.1, 0.15) is 0 Å². The third-order valence-electron chi connectivity index (χ3n) is 4.60. The Balaban J connectivity index is 1.39. The van der Waals surface area contributed by atoms with E-state index >= 15 is 0 Å². The second-order valence-corrected chi connectivity index (χ2v) is 7.75. The van der Waals surface area contributed by atoms with Crippen molar-refractivity contribution < 1.29 is 23.9 Å². The van der Waals surface area contributed by atoms with E-state index in [4.69, 9.17) is 9.47 Å². The number of rotatable bonds is 7. The molecule has 3 rings (SSSR count). The molecule has 2 aromatic rings. The van der Waals surface area contributed by atoms with E-state index in [1.54, 1.807) is 4.90 Å². The predicted molar refractivity (Wildman–Crippen MR) is 111 cm³/mol. The number of nitrogens with zero attached hydrogens (tertiary/aromatic N) is 2. The van der Waals surface area contributed by atoms with Crippen LogP contribution in [0, 0.1) is 0 Å². The van der Waals surface area contributed by atoms with E-state index in [1.807, 2.05) is 42.5 Å². The third-order valence-corrected chi connectivity index (χ3v) is 5.56. The lowest BCUT2D eigenvalue weighted by Gasteiger charge is -2.28. The van der Waals surface area contributed by atoms with E-state index in [0.717, 1.165) is 15.7 Å². The van der Waals surface area contributed by atoms with Gasteiger partial charge in [0.05, 0.1) is 25.5 Å². The van der Waals surface area contributed by atoms with Crippen molar-refractivity contribution in [3.63, 3.8) is 0 Å². The molecule has 0 aliphatic carbocycles. The van der Waals surface area contributed by atoms with Gasteiger partial charge in [-0.3, -0.25) is 14.4 Å². The molecule has 2 amide bonds. The van der Waals surface area contributed by atoms with Crippen LogP contribution < -0.4 is 0 Å². The summed E-state index contributed by atoms with van der Waals surface area (Å²) in [6.45, 7) is 1.67. The standard InChI is InChI=1S/C21H24N2O5S/c1-22(13-19(24)23-8-10-27-11-9-23)20(25)14-28-21(26)15-29-18-7-6-16-4-2-3-5-17(16)12-18/h2-7,12H,8-11,13-15H2,1H3. The topological polar surface area (TPSA) is 76.2 Å². The number of benzene rings is 2. The molecule has 0 atom stereocenters. The molecule has 0 N–H and O–H groups in total. The molecule has 1 saturated heterocycles. The van der Waals surface area contributed by atoms with Crippen molar-refractivity contribution in [1.29, 1.82) is 0 Å². The predicted octanol–water partition coefficient (Wildman–Crippen LogP) is 1.79. The van der Waals surface area contributed by atoms with Gasteiger partial charge in [0.2, 0.25) is 5.91 Å². The molecule has 1 fully saturated rings. The van der Waals surface area contributed by atoms with E-state index < -0.39 is 11.9 Å². The number of fused-ring (bicyclic) bond motifs is 1. The molecule has 1 aliphatic rings. The van der Waals surface area contributed by atoms with Gasteiger partial charge < -0.3 is 19.3 Å². The van der Waals surface area contributed by atoms with E-state index in [-0.39, 0.29) is 24.8 Å². The van der Waals surface area contributed by atoms with Crippen LogP contribution in [0.25, 0.3) is 10.8 Å². The first-order valence-electron chi connectivity index (χ1n) is 9.39. The number of morpholine rings is 1. The molecule has 0 unspecified atom stereocenters. The lowest BCUT2D eigenvalue weighted by molar-refractivity contribution is -0.151. The molecule has 154 valence electrons. The van der Waals surface area contributed by atoms with Crippen LogP contribution in [0.2, 0.25) is 0 Å². The van der Waals surface area contributed by atoms with Gasteiger partial charge in [-0.25, -0.2) is 0 Å². The Kier molecular flexibility index (Phi) is 7.48. The highest BCUT2D eigenvalue weighted by Crippen LogP contribution is 2.23. The summed E-state index contributed by atoms with van der Waals surface area (Å²) in [5, 5.41) is 2.24. The maximum absolute atomic E-state index is 12.2. The highest BCUT2D eigenvalue weighted by molar-refractivity contribution is 8.00. The number of thioether (sulfide) groups is 1. The second-order valence-electron chi connectivity index (χ2n) is 6.70. The Morgan fingerprint density at radius 2 is 1.83 bits per heavy atom. The Labute approximate surface area is 173 Å². The van der Waals surface area contributed by atoms with Crippen LogP contribution in [0.5, 0.6) is 0 Å². The molecule has 2 aromatic carbocycles. The van der Waals surface area contributed by atoms with E-state index in [0.29, 0.717) is 26.3 Å². The minimum atomic E-state index is -0.468. The number of carbonyl (C=O) groups is 3. The van der Waals surface area contributed by atoms with E-state index in [2.05, 4.69) is 0 Å². The maximum atomic E-state index is 12.2. The van der Waals surface area contributed by atoms with Crippen molar-refractivity contribution in [3.05, 3.63) is 42.5 Å². The Morgan fingerprint density at radius 3 is 2.59 bits per heavy atom. The van der Waals surface area contributed by atoms with Crippen LogP contribution >= 0.6 is 11.8 Å². The van der Waals surface area contributed by atoms with E-state index in [1.165, 1.54) is 23.7 Å². The first-order chi connectivity index (χ1) is 14.0. The van der Waals surface area contributed by atoms with Crippen LogP contribution in [-0.4, -0.2) is 79.8 Å². The van der Waals surface area contributed by atoms with Gasteiger partial charge in [0.25, 0.3) is 5.91 Å². The molecule has 7 nitrogen and oxygen atoms in total. The van der Waals surface area contributed by atoms with Crippen LogP contribution in [0.15, 0.2) is 47.4 Å². The molecule has 29 heavy (non-hydrogen) atoms.